The van der Waals surface area contributed by atoms with Gasteiger partial charge in [-0.15, -0.1) is 0 Å². The van der Waals surface area contributed by atoms with Gasteiger partial charge in [-0.25, -0.2) is 4.39 Å². The van der Waals surface area contributed by atoms with Gasteiger partial charge in [0.25, 0.3) is 0 Å². The molecule has 0 amide bonds. The molecule has 22 nitrogen and oxygen atoms in total. The van der Waals surface area contributed by atoms with Gasteiger partial charge in [0.1, 0.15) is 5.67 Å². The Bertz CT molecular complexity index is 3670. The summed E-state index contributed by atoms with van der Waals surface area (Å²) in [5, 5.41) is 70.8. The number of likely N-dealkylation sites (tertiary alicyclic amines) is 2. The molecule has 10 saturated carbocycles. The molecule has 2 saturated heterocycles. The number of halogens is 8. The fourth-order valence-electron chi connectivity index (χ4n) is 25.4. The number of anilines is 1. The van der Waals surface area contributed by atoms with Crippen molar-refractivity contribution in [3.63, 3.8) is 0 Å². The summed E-state index contributed by atoms with van der Waals surface area (Å²) >= 11 is 0. The second-order valence-electron chi connectivity index (χ2n) is 50.1. The minimum absolute atomic E-state index is 0.0297. The number of likely N-dealkylation sites (N-methyl/N-ethyl adjacent to an activating group) is 9. The zero-order valence-corrected chi connectivity index (χ0v) is 94.7. The van der Waals surface area contributed by atoms with E-state index >= 15 is 0 Å². The average Bonchev–Trinajstić information content (AvgIpc) is 1.61. The first-order valence-electron chi connectivity index (χ1n) is 56.9. The number of rotatable bonds is 31. The van der Waals surface area contributed by atoms with Crippen LogP contribution in [0, 0.1) is 11.8 Å². The lowest BCUT2D eigenvalue weighted by Crippen LogP contribution is -2.58. The van der Waals surface area contributed by atoms with Crippen molar-refractivity contribution in [1.82, 2.24) is 86.6 Å². The van der Waals surface area contributed by atoms with Gasteiger partial charge in [-0.3, -0.25) is 33.6 Å². The lowest BCUT2D eigenvalue weighted by molar-refractivity contribution is -0.188. The highest BCUT2D eigenvalue weighted by Gasteiger charge is 2.49. The van der Waals surface area contributed by atoms with Crippen LogP contribution in [0.15, 0.2) is 36.7 Å². The Morgan fingerprint density at radius 3 is 1.32 bits per heavy atom. The standard InChI is InChI=1S/C19H29F3N2.C15H29FN2.C15H28N4.C15H30N2O.C14H27F3N2O.2C12H24N2O.C11H23FN2/c1-18(2,3)23-16-10-9-14(12-17(16)24(4)5)13-7-6-8-15(11-13)19(20,21)22;1-14(2,3)17-12-7-5-6-8-13(12)18(4)11-15(16)9-10-15;1-15(2,3)17-13-8-6-7-9-14(13)19(5)12-10-16-18(4)11-12;1-11(2)16-13-6-4-5-7-14(13)17(3)10-15(18)12-8-9-12;1-13(2,3)18-11-6-5-10(14(15,16)17)9-12(11)19(4)7-8-20;2*1-13-11-6-2-3-7-12(11)14-8-4-5-10(14)9-15;1-13-10-6-3-4-7-11(10)14(2)9-5-8-12/h6-8,11,14,16-17,23H,9-10,12H2,1-5H3;12-13,17H,5-11H2,1-4H3;10-11,13-14,17H,6-9H2,1-5H3;11-16,18H,4-10H2,1-3H3;10-12,18,20H,5-9H2,1-4H3;2*10-13,15H,2-9H2,1H3;10-11,13H,3-9H2,1-2H3/t14-,16+,17+;12-,13-;13-,14-;13-,14-,15?;10-,11-,12-;10-,11+,12+;10-,11-,12-;10-,11-/m10000100/s1. The number of aryl methyl sites for hydroxylation is 1. The number of aliphatic hydroxyl groups excluding tert-OH is 4. The van der Waals surface area contributed by atoms with Gasteiger partial charge in [0.15, 0.2) is 0 Å². The maximum Gasteiger partial charge on any atom is 0.416 e. The van der Waals surface area contributed by atoms with Gasteiger partial charge in [-0.05, 0) is 356 Å². The molecule has 1 unspecified atom stereocenters. The molecule has 836 valence electrons. The molecule has 30 heteroatoms. The predicted octanol–water partition coefficient (Wildman–Crippen LogP) is 18.5. The van der Waals surface area contributed by atoms with Crippen LogP contribution >= 0.6 is 0 Å². The summed E-state index contributed by atoms with van der Waals surface area (Å²) in [7, 11) is 22.7. The number of benzene rings is 1. The van der Waals surface area contributed by atoms with Gasteiger partial charge in [0.2, 0.25) is 0 Å². The van der Waals surface area contributed by atoms with E-state index in [2.05, 4.69) is 221 Å². The monoisotopic (exact) mass is 2040 g/mol. The van der Waals surface area contributed by atoms with Crippen LogP contribution in [-0.4, -0.2) is 356 Å². The third-order valence-corrected chi connectivity index (χ3v) is 33.0. The number of nitrogens with one attached hydrogen (secondary N) is 8. The van der Waals surface area contributed by atoms with Gasteiger partial charge in [-0.2, -0.15) is 31.4 Å². The van der Waals surface area contributed by atoms with Gasteiger partial charge in [0.05, 0.1) is 56.0 Å². The van der Waals surface area contributed by atoms with Crippen LogP contribution in [0.3, 0.4) is 0 Å². The van der Waals surface area contributed by atoms with E-state index in [9.17, 15) is 50.4 Å². The highest BCUT2D eigenvalue weighted by Crippen LogP contribution is 2.45. The van der Waals surface area contributed by atoms with Crippen LogP contribution < -0.4 is 47.4 Å². The van der Waals surface area contributed by atoms with Crippen LogP contribution in [0.4, 0.5) is 40.8 Å². The molecule has 12 fully saturated rings. The molecule has 0 bridgehead atoms. The summed E-state index contributed by atoms with van der Waals surface area (Å²) in [6, 6.07) is 15.0. The molecule has 2 aliphatic heterocycles. The normalized spacial score (nSPS) is 30.4. The Morgan fingerprint density at radius 2 is 0.895 bits per heavy atom. The minimum atomic E-state index is -4.28. The fraction of sp³-hybridized carbons (Fsp3) is 0.920. The zero-order chi connectivity index (χ0) is 106. The van der Waals surface area contributed by atoms with E-state index in [-0.39, 0.29) is 72.4 Å². The summed E-state index contributed by atoms with van der Waals surface area (Å²) in [6.07, 6.45) is 40.0. The Labute approximate surface area is 865 Å². The molecule has 3 heterocycles. The van der Waals surface area contributed by atoms with Gasteiger partial charge in [0, 0.05) is 183 Å². The molecular formula is C113H214F8N18O4. The van der Waals surface area contributed by atoms with Crippen LogP contribution in [0.1, 0.15) is 364 Å². The second kappa shape index (κ2) is 61.1. The molecular weight excluding hydrogens is 1830 g/mol. The SMILES string of the molecule is CC(C)N[C@H]1CCCC[C@@H]1N(C)CC(O)C1CC1.CN(C)[C@H]1C[C@H](c2cccc(C(F)(F)F)c2)CC[C@@H]1NC(C)(C)C.CN(CC1(F)CC1)[C@H]1CCCC[C@@H]1NC(C)(C)C.CN(CCO)[C@H]1C[C@@H](C(F)(F)F)CC[C@@H]1NC(C)(C)C.CN(c1cnn(C)c1)[C@H]1CCCC[C@@H]1NC(C)(C)C.CN[C@H]1CCCC[C@@H]1N(C)CCCF.CN[C@H]1CCCC[C@@H]1N1CCC[C@@H]1CO.CN[C@H]1CCCC[C@@H]1N1CCC[C@H]1CO. The van der Waals surface area contributed by atoms with Crippen molar-refractivity contribution in [2.24, 2.45) is 18.9 Å². The van der Waals surface area contributed by atoms with E-state index in [1.807, 2.05) is 56.7 Å². The Hall–Kier alpha value is -3.09. The van der Waals surface area contributed by atoms with Crippen molar-refractivity contribution in [2.75, 3.05) is 141 Å². The van der Waals surface area contributed by atoms with Crippen LogP contribution in [0.5, 0.6) is 0 Å². The Kier molecular flexibility index (Phi) is 54.2. The molecule has 10 aliphatic carbocycles. The quantitative estimate of drug-likeness (QED) is 0.0316. The molecule has 12 N–H and O–H groups in total. The van der Waals surface area contributed by atoms with Crippen molar-refractivity contribution in [3.05, 3.63) is 47.8 Å². The molecule has 14 rings (SSSR count). The molecule has 143 heavy (non-hydrogen) atoms. The largest absolute Gasteiger partial charge is 0.416 e. The summed E-state index contributed by atoms with van der Waals surface area (Å²) < 4.78 is 106. The van der Waals surface area contributed by atoms with Crippen molar-refractivity contribution < 1.29 is 55.5 Å². The molecule has 2 aromatic rings. The van der Waals surface area contributed by atoms with Gasteiger partial charge >= 0.3 is 12.4 Å². The van der Waals surface area contributed by atoms with E-state index < -0.39 is 29.5 Å². The second-order valence-corrected chi connectivity index (χ2v) is 50.1. The third kappa shape index (κ3) is 44.5. The average molecular weight is 2040 g/mol. The van der Waals surface area contributed by atoms with E-state index in [1.165, 1.54) is 224 Å². The first-order chi connectivity index (χ1) is 67.3. The van der Waals surface area contributed by atoms with Crippen LogP contribution in [0.2, 0.25) is 0 Å². The summed E-state index contributed by atoms with van der Waals surface area (Å²) in [4.78, 5) is 18.6. The number of alkyl halides is 8. The summed E-state index contributed by atoms with van der Waals surface area (Å²) in [5.41, 5.74) is 0.843. The lowest BCUT2D eigenvalue weighted by atomic mass is 9.77. The summed E-state index contributed by atoms with van der Waals surface area (Å²) in [6.45, 7) is 36.0. The molecule has 21 atom stereocenters. The fourth-order valence-corrected chi connectivity index (χ4v) is 25.4. The minimum Gasteiger partial charge on any atom is -0.395 e. The van der Waals surface area contributed by atoms with Crippen molar-refractivity contribution in [1.29, 1.82) is 0 Å². The molecule has 1 aromatic carbocycles. The summed E-state index contributed by atoms with van der Waals surface area (Å²) in [5.74, 6) is -0.461. The van der Waals surface area contributed by atoms with E-state index in [0.29, 0.717) is 148 Å². The highest BCUT2D eigenvalue weighted by atomic mass is 19.4. The van der Waals surface area contributed by atoms with Gasteiger partial charge in [-0.1, -0.05) is 109 Å². The van der Waals surface area contributed by atoms with Crippen LogP contribution in [0.25, 0.3) is 0 Å². The maximum absolute atomic E-state index is 13.9. The smallest absolute Gasteiger partial charge is 0.395 e. The topological polar surface area (TPSA) is 221 Å². The van der Waals surface area contributed by atoms with Crippen LogP contribution in [-0.2, 0) is 13.2 Å². The van der Waals surface area contributed by atoms with E-state index in [0.717, 1.165) is 56.8 Å². The Morgan fingerprint density at radius 1 is 0.469 bits per heavy atom. The van der Waals surface area contributed by atoms with Crippen molar-refractivity contribution in [2.45, 2.75) is 514 Å². The lowest BCUT2D eigenvalue weighted by Gasteiger charge is -2.44. The van der Waals surface area contributed by atoms with Crippen molar-refractivity contribution >= 4 is 5.69 Å². The third-order valence-electron chi connectivity index (χ3n) is 33.0. The number of nitrogens with zero attached hydrogens (tertiary/aromatic N) is 10. The number of aliphatic hydroxyl groups is 4. The first-order valence-corrected chi connectivity index (χ1v) is 56.9. The molecule has 1 aromatic heterocycles. The van der Waals surface area contributed by atoms with E-state index in [1.54, 1.807) is 7.05 Å². The van der Waals surface area contributed by atoms with Gasteiger partial charge < -0.3 is 77.7 Å². The number of hydrogen-bond donors (Lipinski definition) is 12. The maximum atomic E-state index is 13.9. The molecule has 0 spiro atoms. The Balaban J connectivity index is 0.000000223. The van der Waals surface area contributed by atoms with E-state index in [4.69, 9.17) is 5.11 Å². The predicted molar refractivity (Wildman–Crippen MR) is 579 cm³/mol. The first kappa shape index (κ1) is 127. The number of hydrogen-bond acceptors (Lipinski definition) is 21. The highest BCUT2D eigenvalue weighted by molar-refractivity contribution is 5.43. The molecule has 0 radical (unpaired) electrons. The molecule has 12 aliphatic rings. The zero-order valence-electron chi connectivity index (χ0n) is 94.7. The number of aromatic nitrogens is 2. The van der Waals surface area contributed by atoms with Crippen molar-refractivity contribution in [3.8, 4) is 0 Å².